The third-order valence-corrected chi connectivity index (χ3v) is 2.40. The third-order valence-electron chi connectivity index (χ3n) is 2.40. The monoisotopic (exact) mass is 182 g/mol. The fourth-order valence-electron chi connectivity index (χ4n) is 1.83. The lowest BCUT2D eigenvalue weighted by Crippen LogP contribution is -1.91. The van der Waals surface area contributed by atoms with E-state index in [-0.39, 0.29) is 0 Å². The molecule has 0 aromatic rings. The highest BCUT2D eigenvalue weighted by molar-refractivity contribution is 5.62. The standard InChI is InChI=1S/C14H14/c1-11(2)14-12-7-3-4-8-13(14)10-6-5-9-12/h3-10H,1-2H3. The van der Waals surface area contributed by atoms with Crippen LogP contribution in [0, 0.1) is 0 Å². The highest BCUT2D eigenvalue weighted by Gasteiger charge is 2.10. The summed E-state index contributed by atoms with van der Waals surface area (Å²) in [4.78, 5) is 0. The molecule has 0 saturated carbocycles. The van der Waals surface area contributed by atoms with Crippen LogP contribution in [0.2, 0.25) is 0 Å². The smallest absolute Gasteiger partial charge is 0.0125 e. The predicted octanol–water partition coefficient (Wildman–Crippen LogP) is 3.87. The molecule has 0 aliphatic heterocycles. The molecular formula is C14H14. The molecule has 2 bridgehead atoms. The number of allylic oxidation sites excluding steroid dienone is 12. The largest absolute Gasteiger partial charge is 0.0680 e. The quantitative estimate of drug-likeness (QED) is 0.533. The Morgan fingerprint density at radius 3 is 1.71 bits per heavy atom. The highest BCUT2D eigenvalue weighted by atomic mass is 14.1. The summed E-state index contributed by atoms with van der Waals surface area (Å²) in [7, 11) is 0. The van der Waals surface area contributed by atoms with Crippen LogP contribution in [0.15, 0.2) is 70.9 Å². The number of hydrogen-bond acceptors (Lipinski definition) is 0. The first-order valence-corrected chi connectivity index (χ1v) is 4.90. The molecule has 0 amide bonds. The fourth-order valence-corrected chi connectivity index (χ4v) is 1.83. The van der Waals surface area contributed by atoms with E-state index in [9.17, 15) is 0 Å². The second-order valence-electron chi connectivity index (χ2n) is 3.72. The fraction of sp³-hybridized carbons (Fsp3) is 0.143. The van der Waals surface area contributed by atoms with E-state index < -0.39 is 0 Å². The van der Waals surface area contributed by atoms with Crippen LogP contribution < -0.4 is 0 Å². The van der Waals surface area contributed by atoms with Crippen molar-refractivity contribution in [3.63, 3.8) is 0 Å². The van der Waals surface area contributed by atoms with Crippen molar-refractivity contribution in [3.8, 4) is 0 Å². The molecule has 0 radical (unpaired) electrons. The van der Waals surface area contributed by atoms with Crippen LogP contribution in [-0.2, 0) is 0 Å². The zero-order valence-corrected chi connectivity index (χ0v) is 8.62. The van der Waals surface area contributed by atoms with Crippen LogP contribution in [0.4, 0.5) is 0 Å². The van der Waals surface area contributed by atoms with Gasteiger partial charge in [-0.1, -0.05) is 54.2 Å². The van der Waals surface area contributed by atoms with Crippen molar-refractivity contribution >= 4 is 0 Å². The van der Waals surface area contributed by atoms with E-state index in [0.29, 0.717) is 0 Å². The Morgan fingerprint density at radius 2 is 1.29 bits per heavy atom. The summed E-state index contributed by atoms with van der Waals surface area (Å²) >= 11 is 0. The lowest BCUT2D eigenvalue weighted by molar-refractivity contribution is 1.29. The van der Waals surface area contributed by atoms with E-state index >= 15 is 0 Å². The average Bonchev–Trinajstić information content (AvgIpc) is 2.47. The van der Waals surface area contributed by atoms with Crippen molar-refractivity contribution < 1.29 is 0 Å². The zero-order valence-electron chi connectivity index (χ0n) is 8.62. The summed E-state index contributed by atoms with van der Waals surface area (Å²) in [6, 6.07) is 0. The molecule has 0 N–H and O–H groups in total. The van der Waals surface area contributed by atoms with Crippen molar-refractivity contribution in [2.45, 2.75) is 13.8 Å². The molecule has 0 saturated heterocycles. The molecule has 2 rings (SSSR count). The van der Waals surface area contributed by atoms with Gasteiger partial charge >= 0.3 is 0 Å². The van der Waals surface area contributed by atoms with E-state index in [1.54, 1.807) is 0 Å². The van der Waals surface area contributed by atoms with E-state index in [1.807, 2.05) is 0 Å². The Balaban J connectivity index is 2.68. The molecule has 0 fully saturated rings. The molecule has 70 valence electrons. The van der Waals surface area contributed by atoms with Crippen molar-refractivity contribution in [1.29, 1.82) is 0 Å². The minimum atomic E-state index is 1.30. The van der Waals surface area contributed by atoms with Crippen molar-refractivity contribution in [3.05, 3.63) is 70.9 Å². The summed E-state index contributed by atoms with van der Waals surface area (Å²) in [6.07, 6.45) is 17.0. The summed E-state index contributed by atoms with van der Waals surface area (Å²) in [5.41, 5.74) is 5.33. The number of fused-ring (bicyclic) bond motifs is 2. The van der Waals surface area contributed by atoms with Crippen LogP contribution in [0.25, 0.3) is 0 Å². The average molecular weight is 182 g/mol. The van der Waals surface area contributed by atoms with Crippen LogP contribution in [-0.4, -0.2) is 0 Å². The molecule has 0 unspecified atom stereocenters. The summed E-state index contributed by atoms with van der Waals surface area (Å²) in [6.45, 7) is 4.32. The zero-order chi connectivity index (χ0) is 9.97. The summed E-state index contributed by atoms with van der Waals surface area (Å²) in [5, 5.41) is 0. The normalized spacial score (nSPS) is 18.6. The van der Waals surface area contributed by atoms with E-state index in [2.05, 4.69) is 62.5 Å². The van der Waals surface area contributed by atoms with Gasteiger partial charge in [0.2, 0.25) is 0 Å². The molecule has 0 aromatic heterocycles. The maximum absolute atomic E-state index is 2.16. The number of rotatable bonds is 0. The van der Waals surface area contributed by atoms with E-state index in [1.165, 1.54) is 22.3 Å². The van der Waals surface area contributed by atoms with Gasteiger partial charge in [0, 0.05) is 0 Å². The topological polar surface area (TPSA) is 0 Å². The van der Waals surface area contributed by atoms with Crippen LogP contribution >= 0.6 is 0 Å². The van der Waals surface area contributed by atoms with Gasteiger partial charge in [0.1, 0.15) is 0 Å². The van der Waals surface area contributed by atoms with E-state index in [0.717, 1.165) is 0 Å². The Morgan fingerprint density at radius 1 is 0.786 bits per heavy atom. The van der Waals surface area contributed by atoms with Gasteiger partial charge in [0.05, 0.1) is 0 Å². The molecule has 0 heteroatoms. The first-order chi connectivity index (χ1) is 6.79. The SMILES string of the molecule is CC(C)=C1C2=CC=CC=C1C=CC=C2. The maximum atomic E-state index is 2.16. The molecule has 0 aromatic carbocycles. The van der Waals surface area contributed by atoms with Crippen LogP contribution in [0.3, 0.4) is 0 Å². The molecule has 0 heterocycles. The van der Waals surface area contributed by atoms with Gasteiger partial charge in [0.15, 0.2) is 0 Å². The Kier molecular flexibility index (Phi) is 2.36. The second kappa shape index (κ2) is 3.67. The molecule has 0 nitrogen and oxygen atoms in total. The number of hydrogen-bond donors (Lipinski definition) is 0. The van der Waals surface area contributed by atoms with E-state index in [4.69, 9.17) is 0 Å². The predicted molar refractivity (Wildman–Crippen MR) is 62.0 cm³/mol. The van der Waals surface area contributed by atoms with Gasteiger partial charge < -0.3 is 0 Å². The van der Waals surface area contributed by atoms with Crippen molar-refractivity contribution in [2.75, 3.05) is 0 Å². The van der Waals surface area contributed by atoms with Crippen molar-refractivity contribution in [1.82, 2.24) is 0 Å². The molecular weight excluding hydrogens is 168 g/mol. The van der Waals surface area contributed by atoms with Crippen LogP contribution in [0.5, 0.6) is 0 Å². The summed E-state index contributed by atoms with van der Waals surface area (Å²) < 4.78 is 0. The van der Waals surface area contributed by atoms with Gasteiger partial charge in [-0.3, -0.25) is 0 Å². The molecule has 2 aliphatic carbocycles. The molecule has 14 heavy (non-hydrogen) atoms. The molecule has 2 aliphatic rings. The van der Waals surface area contributed by atoms with Crippen LogP contribution in [0.1, 0.15) is 13.8 Å². The van der Waals surface area contributed by atoms with Gasteiger partial charge in [-0.2, -0.15) is 0 Å². The van der Waals surface area contributed by atoms with Gasteiger partial charge in [0.25, 0.3) is 0 Å². The minimum Gasteiger partial charge on any atom is -0.0680 e. The molecule has 0 spiro atoms. The maximum Gasteiger partial charge on any atom is -0.0125 e. The Hall–Kier alpha value is -1.56. The Bertz CT molecular complexity index is 383. The lowest BCUT2D eigenvalue weighted by Gasteiger charge is -2.09. The first kappa shape index (κ1) is 9.01. The van der Waals surface area contributed by atoms with Crippen molar-refractivity contribution in [2.24, 2.45) is 0 Å². The molecule has 0 atom stereocenters. The Labute approximate surface area is 85.3 Å². The highest BCUT2D eigenvalue weighted by Crippen LogP contribution is 2.29. The van der Waals surface area contributed by atoms with Gasteiger partial charge in [-0.05, 0) is 30.6 Å². The lowest BCUT2D eigenvalue weighted by atomic mass is 9.95. The minimum absolute atomic E-state index is 1.30. The summed E-state index contributed by atoms with van der Waals surface area (Å²) in [5.74, 6) is 0. The first-order valence-electron chi connectivity index (χ1n) is 4.90. The van der Waals surface area contributed by atoms with Gasteiger partial charge in [-0.15, -0.1) is 0 Å². The second-order valence-corrected chi connectivity index (χ2v) is 3.72. The third kappa shape index (κ3) is 1.56. The van der Waals surface area contributed by atoms with Gasteiger partial charge in [-0.25, -0.2) is 0 Å².